The topological polar surface area (TPSA) is 50.8 Å². The molecule has 0 radical (unpaired) electrons. The second-order valence-corrected chi connectivity index (χ2v) is 5.97. The predicted octanol–water partition coefficient (Wildman–Crippen LogP) is 3.89. The van der Waals surface area contributed by atoms with Gasteiger partial charge in [-0.05, 0) is 44.9 Å². The van der Waals surface area contributed by atoms with Crippen LogP contribution in [0.25, 0.3) is 0 Å². The summed E-state index contributed by atoms with van der Waals surface area (Å²) in [5, 5.41) is 2.92. The fourth-order valence-corrected chi connectivity index (χ4v) is 1.96. The smallest absolute Gasteiger partial charge is 0.321 e. The highest BCUT2D eigenvalue weighted by Crippen LogP contribution is 2.13. The van der Waals surface area contributed by atoms with Crippen LogP contribution in [0.5, 0.6) is 0 Å². The van der Waals surface area contributed by atoms with E-state index in [1.165, 1.54) is 0 Å². The van der Waals surface area contributed by atoms with Crippen LogP contribution in [0.3, 0.4) is 0 Å². The number of hydrogen-bond donors (Lipinski definition) is 1. The zero-order valence-corrected chi connectivity index (χ0v) is 15.0. The van der Waals surface area contributed by atoms with Crippen molar-refractivity contribution in [1.82, 2.24) is 4.90 Å². The van der Waals surface area contributed by atoms with Gasteiger partial charge in [-0.3, -0.25) is 0 Å². The van der Waals surface area contributed by atoms with Crippen molar-refractivity contribution in [2.75, 3.05) is 25.6 Å². The zero-order chi connectivity index (χ0) is 17.2. The molecule has 0 heterocycles. The molecule has 1 N–H and O–H groups in total. The molecule has 0 spiro atoms. The average Bonchev–Trinajstić information content (AvgIpc) is 2.53. The van der Waals surface area contributed by atoms with Gasteiger partial charge in [-0.15, -0.1) is 0 Å². The van der Waals surface area contributed by atoms with Gasteiger partial charge in [-0.2, -0.15) is 0 Å². The van der Waals surface area contributed by atoms with E-state index in [9.17, 15) is 4.79 Å². The van der Waals surface area contributed by atoms with Crippen LogP contribution in [0.4, 0.5) is 10.5 Å². The molecule has 23 heavy (non-hydrogen) atoms. The average molecular weight is 322 g/mol. The lowest BCUT2D eigenvalue weighted by atomic mass is 10.2. The minimum atomic E-state index is -0.0947. The van der Waals surface area contributed by atoms with Crippen molar-refractivity contribution in [2.24, 2.45) is 0 Å². The van der Waals surface area contributed by atoms with Crippen LogP contribution in [0, 0.1) is 0 Å². The molecule has 130 valence electrons. The lowest BCUT2D eigenvalue weighted by Gasteiger charge is -2.24. The van der Waals surface area contributed by atoms with E-state index in [2.05, 4.69) is 12.2 Å². The molecule has 0 saturated carbocycles. The maximum Gasteiger partial charge on any atom is 0.321 e. The number of amides is 2. The maximum atomic E-state index is 12.2. The number of urea groups is 1. The van der Waals surface area contributed by atoms with Crippen molar-refractivity contribution in [2.45, 2.75) is 52.9 Å². The van der Waals surface area contributed by atoms with E-state index in [0.717, 1.165) is 17.7 Å². The summed E-state index contributed by atoms with van der Waals surface area (Å²) < 4.78 is 11.0. The molecule has 0 aliphatic heterocycles. The Morgan fingerprint density at radius 1 is 1.26 bits per heavy atom. The lowest BCUT2D eigenvalue weighted by Crippen LogP contribution is -2.37. The number of nitrogens with zero attached hydrogens (tertiary/aromatic N) is 1. The number of carbonyl (C=O) groups excluding carboxylic acids is 1. The Bertz CT molecular complexity index is 477. The highest BCUT2D eigenvalue weighted by atomic mass is 16.5. The van der Waals surface area contributed by atoms with Gasteiger partial charge in [0.2, 0.25) is 0 Å². The summed E-state index contributed by atoms with van der Waals surface area (Å²) in [6.45, 7) is 9.76. The standard InChI is InChI=1S/C18H30N2O3/c1-6-15(4)20(5)18(21)19-17-9-7-8-16(12-17)13-22-10-11-23-14(2)3/h7-9,12,14-15H,6,10-11,13H2,1-5H3,(H,19,21). The maximum absolute atomic E-state index is 12.2. The van der Waals surface area contributed by atoms with E-state index in [-0.39, 0.29) is 18.2 Å². The Morgan fingerprint density at radius 3 is 2.65 bits per heavy atom. The Hall–Kier alpha value is -1.59. The van der Waals surface area contributed by atoms with Gasteiger partial charge >= 0.3 is 6.03 Å². The summed E-state index contributed by atoms with van der Waals surface area (Å²) in [6.07, 6.45) is 1.15. The van der Waals surface area contributed by atoms with Crippen LogP contribution in [0.15, 0.2) is 24.3 Å². The van der Waals surface area contributed by atoms with E-state index < -0.39 is 0 Å². The van der Waals surface area contributed by atoms with E-state index in [0.29, 0.717) is 19.8 Å². The minimum Gasteiger partial charge on any atom is -0.376 e. The zero-order valence-electron chi connectivity index (χ0n) is 15.0. The first-order valence-electron chi connectivity index (χ1n) is 8.26. The van der Waals surface area contributed by atoms with Crippen LogP contribution >= 0.6 is 0 Å². The number of hydrogen-bond acceptors (Lipinski definition) is 3. The summed E-state index contributed by atoms with van der Waals surface area (Å²) >= 11 is 0. The van der Waals surface area contributed by atoms with Crippen LogP contribution in [0.2, 0.25) is 0 Å². The highest BCUT2D eigenvalue weighted by molar-refractivity contribution is 5.89. The molecule has 0 bridgehead atoms. The summed E-state index contributed by atoms with van der Waals surface area (Å²) in [5.41, 5.74) is 1.81. The van der Waals surface area contributed by atoms with Gasteiger partial charge < -0.3 is 19.7 Å². The SMILES string of the molecule is CCC(C)N(C)C(=O)Nc1cccc(COCCOC(C)C)c1. The van der Waals surface area contributed by atoms with Gasteiger partial charge in [0.1, 0.15) is 0 Å². The van der Waals surface area contributed by atoms with E-state index in [1.807, 2.05) is 52.1 Å². The molecule has 5 nitrogen and oxygen atoms in total. The second-order valence-electron chi connectivity index (χ2n) is 5.97. The second kappa shape index (κ2) is 10.2. The first-order chi connectivity index (χ1) is 10.9. The summed E-state index contributed by atoms with van der Waals surface area (Å²) in [5.74, 6) is 0. The number of benzene rings is 1. The van der Waals surface area contributed by atoms with Gasteiger partial charge in [0.15, 0.2) is 0 Å². The number of nitrogens with one attached hydrogen (secondary N) is 1. The quantitative estimate of drug-likeness (QED) is 0.702. The van der Waals surface area contributed by atoms with Gasteiger partial charge in [-0.1, -0.05) is 19.1 Å². The van der Waals surface area contributed by atoms with Gasteiger partial charge in [0.05, 0.1) is 25.9 Å². The van der Waals surface area contributed by atoms with Gasteiger partial charge in [0.25, 0.3) is 0 Å². The van der Waals surface area contributed by atoms with E-state index in [4.69, 9.17) is 9.47 Å². The van der Waals surface area contributed by atoms with Crippen molar-refractivity contribution in [3.05, 3.63) is 29.8 Å². The molecule has 2 amide bonds. The molecule has 0 aliphatic rings. The van der Waals surface area contributed by atoms with Crippen LogP contribution in [0.1, 0.15) is 39.7 Å². The van der Waals surface area contributed by atoms with Crippen LogP contribution in [-0.2, 0) is 16.1 Å². The number of rotatable bonds is 9. The molecule has 1 aromatic rings. The molecule has 1 aromatic carbocycles. The predicted molar refractivity (Wildman–Crippen MR) is 93.7 cm³/mol. The van der Waals surface area contributed by atoms with E-state index in [1.54, 1.807) is 4.90 Å². The molecule has 5 heteroatoms. The molecular formula is C18H30N2O3. The van der Waals surface area contributed by atoms with E-state index >= 15 is 0 Å². The van der Waals surface area contributed by atoms with Crippen molar-refractivity contribution >= 4 is 11.7 Å². The molecule has 0 fully saturated rings. The summed E-state index contributed by atoms with van der Waals surface area (Å²) in [7, 11) is 1.81. The van der Waals surface area contributed by atoms with Crippen molar-refractivity contribution < 1.29 is 14.3 Å². The summed E-state index contributed by atoms with van der Waals surface area (Å²) in [4.78, 5) is 13.9. The third-order valence-corrected chi connectivity index (χ3v) is 3.70. The minimum absolute atomic E-state index is 0.0947. The molecule has 0 aromatic heterocycles. The molecule has 1 unspecified atom stereocenters. The number of anilines is 1. The lowest BCUT2D eigenvalue weighted by molar-refractivity contribution is 0.0143. The van der Waals surface area contributed by atoms with Crippen molar-refractivity contribution in [3.63, 3.8) is 0 Å². The third-order valence-electron chi connectivity index (χ3n) is 3.70. The monoisotopic (exact) mass is 322 g/mol. The fraction of sp³-hybridized carbons (Fsp3) is 0.611. The molecule has 0 saturated heterocycles. The van der Waals surface area contributed by atoms with Crippen LogP contribution < -0.4 is 5.32 Å². The molecule has 1 rings (SSSR count). The Labute approximate surface area is 140 Å². The summed E-state index contributed by atoms with van der Waals surface area (Å²) in [6, 6.07) is 7.84. The number of ether oxygens (including phenoxy) is 2. The van der Waals surface area contributed by atoms with Crippen LogP contribution in [-0.4, -0.2) is 43.3 Å². The molecule has 1 atom stereocenters. The fourth-order valence-electron chi connectivity index (χ4n) is 1.96. The molecule has 0 aliphatic carbocycles. The Morgan fingerprint density at radius 2 is 2.00 bits per heavy atom. The van der Waals surface area contributed by atoms with Crippen molar-refractivity contribution in [3.8, 4) is 0 Å². The molecular weight excluding hydrogens is 292 g/mol. The highest BCUT2D eigenvalue weighted by Gasteiger charge is 2.13. The largest absolute Gasteiger partial charge is 0.376 e. The first-order valence-corrected chi connectivity index (χ1v) is 8.26. The van der Waals surface area contributed by atoms with Gasteiger partial charge in [-0.25, -0.2) is 4.79 Å². The first kappa shape index (κ1) is 19.5. The van der Waals surface area contributed by atoms with Crippen molar-refractivity contribution in [1.29, 1.82) is 0 Å². The Kier molecular flexibility index (Phi) is 8.66. The normalized spacial score (nSPS) is 12.3. The third kappa shape index (κ3) is 7.48. The van der Waals surface area contributed by atoms with Gasteiger partial charge in [0, 0.05) is 18.8 Å². The Balaban J connectivity index is 2.45. The number of carbonyl (C=O) groups is 1.